The number of hydrogen-bond acceptors (Lipinski definition) is 8. The molecule has 0 saturated heterocycles. The van der Waals surface area contributed by atoms with Crippen LogP contribution in [0.2, 0.25) is 0 Å². The number of ether oxygens (including phenoxy) is 2. The van der Waals surface area contributed by atoms with Crippen LogP contribution in [-0.2, 0) is 11.3 Å². The third-order valence-electron chi connectivity index (χ3n) is 4.32. The molecule has 0 aliphatic carbocycles. The average molecular weight is 465 g/mol. The Bertz CT molecular complexity index is 1240. The van der Waals surface area contributed by atoms with Crippen LogP contribution in [0.4, 0.5) is 9.93 Å². The molecule has 0 fully saturated rings. The number of nitrogens with one attached hydrogen (secondary N) is 1. The molecule has 2 heterocycles. The summed E-state index contributed by atoms with van der Waals surface area (Å²) in [6, 6.07) is 17.6. The van der Waals surface area contributed by atoms with Crippen molar-refractivity contribution in [3.05, 3.63) is 66.1 Å². The second-order valence-corrected chi connectivity index (χ2v) is 9.26. The van der Waals surface area contributed by atoms with Gasteiger partial charge in [0.1, 0.15) is 23.7 Å². The van der Waals surface area contributed by atoms with Crippen LogP contribution >= 0.6 is 11.3 Å². The molecular weight excluding hydrogens is 440 g/mol. The smallest absolute Gasteiger partial charge is 0.413 e. The first-order valence-corrected chi connectivity index (χ1v) is 11.2. The van der Waals surface area contributed by atoms with Crippen molar-refractivity contribution in [1.82, 2.24) is 15.1 Å². The summed E-state index contributed by atoms with van der Waals surface area (Å²) in [5.41, 5.74) is 1.81. The van der Waals surface area contributed by atoms with E-state index in [1.54, 1.807) is 27.7 Å². The number of benzene rings is 2. The fourth-order valence-corrected chi connectivity index (χ4v) is 3.92. The molecule has 0 aliphatic heterocycles. The van der Waals surface area contributed by atoms with Gasteiger partial charge in [-0.3, -0.25) is 5.32 Å². The summed E-state index contributed by atoms with van der Waals surface area (Å²) in [6.07, 6.45) is -0.585. The maximum absolute atomic E-state index is 12.3. The summed E-state index contributed by atoms with van der Waals surface area (Å²) < 4.78 is 16.5. The first-order valence-electron chi connectivity index (χ1n) is 10.4. The van der Waals surface area contributed by atoms with Crippen LogP contribution in [0.3, 0.4) is 0 Å². The maximum atomic E-state index is 12.3. The van der Waals surface area contributed by atoms with Crippen molar-refractivity contribution in [3.8, 4) is 27.7 Å². The van der Waals surface area contributed by atoms with Gasteiger partial charge in [0.05, 0.1) is 4.88 Å². The van der Waals surface area contributed by atoms with Crippen molar-refractivity contribution < 1.29 is 18.8 Å². The molecule has 0 unspecified atom stereocenters. The zero-order valence-electron chi connectivity index (χ0n) is 18.8. The van der Waals surface area contributed by atoms with Gasteiger partial charge in [-0.15, -0.1) is 0 Å². The Morgan fingerprint density at radius 3 is 2.58 bits per heavy atom. The molecule has 2 aromatic heterocycles. The zero-order chi connectivity index (χ0) is 23.4. The van der Waals surface area contributed by atoms with Gasteiger partial charge < -0.3 is 14.0 Å². The van der Waals surface area contributed by atoms with Gasteiger partial charge in [0.15, 0.2) is 5.13 Å². The number of hydrogen-bond donors (Lipinski definition) is 1. The van der Waals surface area contributed by atoms with Crippen LogP contribution in [0.5, 0.6) is 5.75 Å². The molecule has 0 atom stereocenters. The number of aromatic nitrogens is 3. The molecule has 9 heteroatoms. The largest absolute Gasteiger partial charge is 0.489 e. The number of nitrogens with zero attached hydrogens (tertiary/aromatic N) is 3. The molecule has 0 radical (unpaired) electrons. The normalized spacial score (nSPS) is 11.3. The number of rotatable bonds is 6. The lowest BCUT2D eigenvalue weighted by atomic mass is 10.1. The third kappa shape index (κ3) is 5.95. The van der Waals surface area contributed by atoms with Crippen LogP contribution in [0.25, 0.3) is 22.0 Å². The van der Waals surface area contributed by atoms with E-state index < -0.39 is 11.7 Å². The molecule has 4 rings (SSSR count). The summed E-state index contributed by atoms with van der Waals surface area (Å²) in [4.78, 5) is 21.9. The lowest BCUT2D eigenvalue weighted by Gasteiger charge is -2.18. The van der Waals surface area contributed by atoms with E-state index in [2.05, 4.69) is 20.4 Å². The van der Waals surface area contributed by atoms with Gasteiger partial charge in [-0.05, 0) is 44.0 Å². The molecular formula is C24H24N4O4S. The maximum Gasteiger partial charge on any atom is 0.413 e. The minimum atomic E-state index is -0.623. The number of amides is 1. The average Bonchev–Trinajstić information content (AvgIpc) is 3.38. The fraction of sp³-hybridized carbons (Fsp3) is 0.250. The van der Waals surface area contributed by atoms with E-state index in [0.29, 0.717) is 34.9 Å². The monoisotopic (exact) mass is 464 g/mol. The molecule has 33 heavy (non-hydrogen) atoms. The van der Waals surface area contributed by atoms with Crippen LogP contribution in [0.1, 0.15) is 32.2 Å². The first-order chi connectivity index (χ1) is 15.8. The Hall–Kier alpha value is -3.72. The van der Waals surface area contributed by atoms with E-state index in [9.17, 15) is 4.79 Å². The standard InChI is InChI=1S/C24H24N4O4S/c1-15-25-21(28-32-15)19-20(33-22(26-19)27-23(29)31-24(2,3)4)17-11-8-12-18(13-17)30-14-16-9-6-5-7-10-16/h5-13H,14H2,1-4H3,(H,26,27,29). The lowest BCUT2D eigenvalue weighted by molar-refractivity contribution is 0.0636. The van der Waals surface area contributed by atoms with Gasteiger partial charge in [0.2, 0.25) is 11.7 Å². The number of carbonyl (C=O) groups is 1. The summed E-state index contributed by atoms with van der Waals surface area (Å²) >= 11 is 1.29. The minimum Gasteiger partial charge on any atom is -0.489 e. The summed E-state index contributed by atoms with van der Waals surface area (Å²) in [5, 5.41) is 7.07. The summed E-state index contributed by atoms with van der Waals surface area (Å²) in [7, 11) is 0. The predicted molar refractivity (Wildman–Crippen MR) is 126 cm³/mol. The number of anilines is 1. The van der Waals surface area contributed by atoms with Crippen molar-refractivity contribution in [2.75, 3.05) is 5.32 Å². The highest BCUT2D eigenvalue weighted by molar-refractivity contribution is 7.19. The van der Waals surface area contributed by atoms with E-state index in [1.165, 1.54) is 11.3 Å². The molecule has 4 aromatic rings. The highest BCUT2D eigenvalue weighted by Crippen LogP contribution is 2.39. The Morgan fingerprint density at radius 2 is 1.88 bits per heavy atom. The van der Waals surface area contributed by atoms with Crippen molar-refractivity contribution in [2.24, 2.45) is 0 Å². The van der Waals surface area contributed by atoms with E-state index in [1.807, 2.05) is 54.6 Å². The van der Waals surface area contributed by atoms with Gasteiger partial charge in [-0.1, -0.05) is 59.0 Å². The van der Waals surface area contributed by atoms with Crippen molar-refractivity contribution >= 4 is 22.6 Å². The first kappa shape index (κ1) is 22.5. The predicted octanol–water partition coefficient (Wildman–Crippen LogP) is 6.09. The quantitative estimate of drug-likeness (QED) is 0.368. The van der Waals surface area contributed by atoms with Gasteiger partial charge in [0.25, 0.3) is 0 Å². The van der Waals surface area contributed by atoms with Gasteiger partial charge in [-0.25, -0.2) is 9.78 Å². The Morgan fingerprint density at radius 1 is 1.09 bits per heavy atom. The molecule has 0 saturated carbocycles. The van der Waals surface area contributed by atoms with Gasteiger partial charge >= 0.3 is 6.09 Å². The second-order valence-electron chi connectivity index (χ2n) is 8.26. The van der Waals surface area contributed by atoms with E-state index in [4.69, 9.17) is 14.0 Å². The molecule has 0 spiro atoms. The highest BCUT2D eigenvalue weighted by Gasteiger charge is 2.22. The molecule has 0 bridgehead atoms. The molecule has 1 amide bonds. The Balaban J connectivity index is 1.63. The number of thiazole rings is 1. The lowest BCUT2D eigenvalue weighted by Crippen LogP contribution is -2.27. The van der Waals surface area contributed by atoms with E-state index in [0.717, 1.165) is 16.0 Å². The fourth-order valence-electron chi connectivity index (χ4n) is 2.98. The van der Waals surface area contributed by atoms with Crippen molar-refractivity contribution in [2.45, 2.75) is 39.9 Å². The van der Waals surface area contributed by atoms with Crippen LogP contribution < -0.4 is 10.1 Å². The number of carbonyl (C=O) groups excluding carboxylic acids is 1. The molecule has 8 nitrogen and oxygen atoms in total. The van der Waals surface area contributed by atoms with Crippen LogP contribution in [-0.4, -0.2) is 26.8 Å². The molecule has 2 aromatic carbocycles. The van der Waals surface area contributed by atoms with Crippen LogP contribution in [0, 0.1) is 6.92 Å². The molecule has 0 aliphatic rings. The van der Waals surface area contributed by atoms with Crippen molar-refractivity contribution in [1.29, 1.82) is 0 Å². The van der Waals surface area contributed by atoms with E-state index in [-0.39, 0.29) is 0 Å². The minimum absolute atomic E-state index is 0.339. The summed E-state index contributed by atoms with van der Waals surface area (Å²) in [6.45, 7) is 7.56. The van der Waals surface area contributed by atoms with Crippen molar-refractivity contribution in [3.63, 3.8) is 0 Å². The van der Waals surface area contributed by atoms with E-state index >= 15 is 0 Å². The topological polar surface area (TPSA) is 99.4 Å². The van der Waals surface area contributed by atoms with Gasteiger partial charge in [-0.2, -0.15) is 4.98 Å². The Labute approximate surface area is 195 Å². The SMILES string of the molecule is Cc1nc(-c2nc(NC(=O)OC(C)(C)C)sc2-c2cccc(OCc3ccccc3)c2)no1. The number of aryl methyl sites for hydroxylation is 1. The molecule has 1 N–H and O–H groups in total. The zero-order valence-corrected chi connectivity index (χ0v) is 19.6. The third-order valence-corrected chi connectivity index (χ3v) is 5.34. The van der Waals surface area contributed by atoms with Gasteiger partial charge in [0, 0.05) is 6.92 Å². The second kappa shape index (κ2) is 9.41. The highest BCUT2D eigenvalue weighted by atomic mass is 32.1. The van der Waals surface area contributed by atoms with Crippen LogP contribution in [0.15, 0.2) is 59.1 Å². The summed E-state index contributed by atoms with van der Waals surface area (Å²) in [5.74, 6) is 1.47. The Kier molecular flexibility index (Phi) is 6.41. The molecule has 170 valence electrons.